The number of nitrogens with one attached hydrogen (secondary N) is 1. The van der Waals surface area contributed by atoms with E-state index in [0.717, 1.165) is 19.5 Å². The van der Waals surface area contributed by atoms with Gasteiger partial charge in [0.15, 0.2) is 0 Å². The molecule has 1 fully saturated rings. The average Bonchev–Trinajstić information content (AvgIpc) is 3.02. The maximum Gasteiger partial charge on any atom is 0.411 e. The van der Waals surface area contributed by atoms with Gasteiger partial charge >= 0.3 is 6.09 Å². The zero-order valence-corrected chi connectivity index (χ0v) is 14.7. The molecule has 0 aliphatic carbocycles. The molecule has 0 radical (unpaired) electrons. The molecule has 0 bridgehead atoms. The van der Waals surface area contributed by atoms with E-state index in [1.165, 1.54) is 17.0 Å². The molecule has 0 aromatic heterocycles. The predicted molar refractivity (Wildman–Crippen MR) is 97.8 cm³/mol. The van der Waals surface area contributed by atoms with Crippen LogP contribution < -0.4 is 10.2 Å². The monoisotopic (exact) mass is 362 g/mol. The number of nitrogens with zero attached hydrogens (tertiary/aromatic N) is 1. The average molecular weight is 363 g/mol. The molecule has 0 saturated carbocycles. The fourth-order valence-corrected chi connectivity index (χ4v) is 3.44. The molecule has 1 atom stereocenters. The molecule has 2 N–H and O–H groups in total. The van der Waals surface area contributed by atoms with Crippen LogP contribution in [0, 0.1) is 11.2 Å². The van der Waals surface area contributed by atoms with Gasteiger partial charge in [0.1, 0.15) is 5.82 Å². The molecule has 1 aliphatic heterocycles. The number of anilines is 1. The van der Waals surface area contributed by atoms with Gasteiger partial charge in [-0.3, -0.25) is 4.90 Å². The van der Waals surface area contributed by atoms with Gasteiger partial charge in [-0.2, -0.15) is 0 Å². The molecule has 132 valence electrons. The molecule has 1 saturated heterocycles. The maximum absolute atomic E-state index is 13.5. The second-order valence-corrected chi connectivity index (χ2v) is 7.16. The summed E-state index contributed by atoms with van der Waals surface area (Å²) >= 11 is 5.90. The van der Waals surface area contributed by atoms with Crippen molar-refractivity contribution in [1.82, 2.24) is 5.32 Å². The van der Waals surface area contributed by atoms with Gasteiger partial charge < -0.3 is 10.4 Å². The van der Waals surface area contributed by atoms with Gasteiger partial charge in [-0.05, 0) is 42.1 Å². The van der Waals surface area contributed by atoms with Crippen molar-refractivity contribution in [2.45, 2.75) is 13.3 Å². The number of para-hydroxylation sites is 1. The largest absolute Gasteiger partial charge is 0.465 e. The van der Waals surface area contributed by atoms with Gasteiger partial charge in [0.2, 0.25) is 0 Å². The van der Waals surface area contributed by atoms with Crippen molar-refractivity contribution >= 4 is 23.4 Å². The number of benzene rings is 2. The van der Waals surface area contributed by atoms with Crippen LogP contribution in [0.3, 0.4) is 0 Å². The van der Waals surface area contributed by atoms with Crippen molar-refractivity contribution in [3.8, 4) is 11.1 Å². The van der Waals surface area contributed by atoms with E-state index in [1.54, 1.807) is 18.2 Å². The van der Waals surface area contributed by atoms with E-state index >= 15 is 0 Å². The second-order valence-electron chi connectivity index (χ2n) is 6.75. The molecule has 1 amide bonds. The molecule has 1 heterocycles. The van der Waals surface area contributed by atoms with E-state index in [-0.39, 0.29) is 10.4 Å². The first-order valence-corrected chi connectivity index (χ1v) is 8.53. The SMILES string of the molecule is CC1(CN(C(=O)O)c2ccccc2-c2ccc(F)c(Cl)c2)CCNC1. The number of rotatable bonds is 4. The lowest BCUT2D eigenvalue weighted by atomic mass is 9.88. The molecule has 2 aromatic carbocycles. The number of hydrogen-bond acceptors (Lipinski definition) is 2. The van der Waals surface area contributed by atoms with Crippen LogP contribution in [0.2, 0.25) is 5.02 Å². The number of hydrogen-bond donors (Lipinski definition) is 2. The van der Waals surface area contributed by atoms with Gasteiger partial charge in [0.05, 0.1) is 10.7 Å². The van der Waals surface area contributed by atoms with Crippen LogP contribution in [0.5, 0.6) is 0 Å². The number of halogens is 2. The molecule has 1 unspecified atom stereocenters. The van der Waals surface area contributed by atoms with Gasteiger partial charge in [0.25, 0.3) is 0 Å². The Morgan fingerprint density at radius 3 is 2.76 bits per heavy atom. The molecule has 25 heavy (non-hydrogen) atoms. The van der Waals surface area contributed by atoms with Crippen LogP contribution in [0.1, 0.15) is 13.3 Å². The van der Waals surface area contributed by atoms with Crippen LogP contribution in [0.4, 0.5) is 14.9 Å². The highest BCUT2D eigenvalue weighted by Gasteiger charge is 2.33. The van der Waals surface area contributed by atoms with Crippen molar-refractivity contribution in [3.05, 3.63) is 53.3 Å². The molecule has 1 aliphatic rings. The van der Waals surface area contributed by atoms with E-state index in [1.807, 2.05) is 12.1 Å². The van der Waals surface area contributed by atoms with Gasteiger partial charge in [-0.25, -0.2) is 9.18 Å². The Labute approximate surface area is 151 Å². The first-order valence-electron chi connectivity index (χ1n) is 8.15. The Morgan fingerprint density at radius 1 is 1.36 bits per heavy atom. The van der Waals surface area contributed by atoms with Crippen LogP contribution in [0.15, 0.2) is 42.5 Å². The maximum atomic E-state index is 13.5. The highest BCUT2D eigenvalue weighted by Crippen LogP contribution is 2.35. The van der Waals surface area contributed by atoms with Crippen molar-refractivity contribution < 1.29 is 14.3 Å². The summed E-state index contributed by atoms with van der Waals surface area (Å²) in [5.74, 6) is -0.498. The Kier molecular flexibility index (Phi) is 4.97. The standard InChI is InChI=1S/C19H20ClFN2O2/c1-19(8-9-22-11-19)12-23(18(24)25)17-5-3-2-4-14(17)13-6-7-16(21)15(20)10-13/h2-7,10,22H,8-9,11-12H2,1H3,(H,24,25). The van der Waals surface area contributed by atoms with E-state index in [9.17, 15) is 14.3 Å². The molecular weight excluding hydrogens is 343 g/mol. The minimum atomic E-state index is -1.01. The van der Waals surface area contributed by atoms with Crippen molar-refractivity contribution in [3.63, 3.8) is 0 Å². The first kappa shape index (κ1) is 17.7. The summed E-state index contributed by atoms with van der Waals surface area (Å²) in [4.78, 5) is 13.3. The smallest absolute Gasteiger partial charge is 0.411 e. The van der Waals surface area contributed by atoms with Gasteiger partial charge in [-0.1, -0.05) is 42.8 Å². The lowest BCUT2D eigenvalue weighted by molar-refractivity contribution is 0.197. The van der Waals surface area contributed by atoms with E-state index in [0.29, 0.717) is 23.4 Å². The Hall–Kier alpha value is -2.11. The number of amides is 1. The van der Waals surface area contributed by atoms with E-state index < -0.39 is 11.9 Å². The fraction of sp³-hybridized carbons (Fsp3) is 0.316. The van der Waals surface area contributed by atoms with E-state index in [4.69, 9.17) is 11.6 Å². The summed E-state index contributed by atoms with van der Waals surface area (Å²) in [6, 6.07) is 11.6. The van der Waals surface area contributed by atoms with Crippen molar-refractivity contribution in [1.29, 1.82) is 0 Å². The summed E-state index contributed by atoms with van der Waals surface area (Å²) in [7, 11) is 0. The topological polar surface area (TPSA) is 52.6 Å². The summed E-state index contributed by atoms with van der Waals surface area (Å²) in [6.07, 6.45) is -0.0878. The summed E-state index contributed by atoms with van der Waals surface area (Å²) in [5, 5.41) is 13.1. The molecule has 0 spiro atoms. The molecule has 2 aromatic rings. The molecule has 3 rings (SSSR count). The molecule has 6 heteroatoms. The van der Waals surface area contributed by atoms with Crippen LogP contribution in [-0.2, 0) is 0 Å². The molecular formula is C19H20ClFN2O2. The third-order valence-corrected chi connectivity index (χ3v) is 4.94. The minimum absolute atomic E-state index is 0.0149. The Morgan fingerprint density at radius 2 is 2.12 bits per heavy atom. The fourth-order valence-electron chi connectivity index (χ4n) is 3.26. The quantitative estimate of drug-likeness (QED) is 0.833. The minimum Gasteiger partial charge on any atom is -0.465 e. The summed E-state index contributed by atoms with van der Waals surface area (Å²) in [5.41, 5.74) is 1.85. The lowest BCUT2D eigenvalue weighted by Crippen LogP contribution is -2.40. The van der Waals surface area contributed by atoms with Crippen molar-refractivity contribution in [2.75, 3.05) is 24.5 Å². The highest BCUT2D eigenvalue weighted by atomic mass is 35.5. The van der Waals surface area contributed by atoms with Gasteiger partial charge in [-0.15, -0.1) is 0 Å². The first-order chi connectivity index (χ1) is 11.9. The van der Waals surface area contributed by atoms with Gasteiger partial charge in [0, 0.05) is 18.7 Å². The zero-order valence-electron chi connectivity index (χ0n) is 13.9. The Balaban J connectivity index is 2.02. The Bertz CT molecular complexity index is 791. The molecule has 4 nitrogen and oxygen atoms in total. The number of carbonyl (C=O) groups is 1. The normalized spacial score (nSPS) is 19.8. The third kappa shape index (κ3) is 3.78. The zero-order chi connectivity index (χ0) is 18.0. The highest BCUT2D eigenvalue weighted by molar-refractivity contribution is 6.31. The van der Waals surface area contributed by atoms with Crippen LogP contribution in [0.25, 0.3) is 11.1 Å². The third-order valence-electron chi connectivity index (χ3n) is 4.65. The lowest BCUT2D eigenvalue weighted by Gasteiger charge is -2.31. The number of carboxylic acid groups (broad SMARTS) is 1. The predicted octanol–water partition coefficient (Wildman–Crippen LogP) is 4.63. The van der Waals surface area contributed by atoms with E-state index in [2.05, 4.69) is 12.2 Å². The van der Waals surface area contributed by atoms with Crippen LogP contribution >= 0.6 is 11.6 Å². The second kappa shape index (κ2) is 7.02. The summed E-state index contributed by atoms with van der Waals surface area (Å²) in [6.45, 7) is 4.14. The van der Waals surface area contributed by atoms with Crippen LogP contribution in [-0.4, -0.2) is 30.8 Å². The summed E-state index contributed by atoms with van der Waals surface area (Å²) < 4.78 is 13.5. The van der Waals surface area contributed by atoms with Crippen molar-refractivity contribution in [2.24, 2.45) is 5.41 Å².